The van der Waals surface area contributed by atoms with Crippen molar-refractivity contribution < 1.29 is 9.59 Å². The molecular weight excluding hydrogens is 300 g/mol. The van der Waals surface area contributed by atoms with Crippen LogP contribution in [-0.2, 0) is 7.05 Å². The molecule has 0 spiro atoms. The third-order valence-electron chi connectivity index (χ3n) is 3.84. The van der Waals surface area contributed by atoms with Crippen molar-refractivity contribution in [1.82, 2.24) is 4.57 Å². The van der Waals surface area contributed by atoms with Gasteiger partial charge in [-0.3, -0.25) is 9.59 Å². The Morgan fingerprint density at radius 3 is 2.42 bits per heavy atom. The molecule has 24 heavy (non-hydrogen) atoms. The van der Waals surface area contributed by atoms with Crippen molar-refractivity contribution in [1.29, 1.82) is 5.26 Å². The van der Waals surface area contributed by atoms with Crippen LogP contribution in [-0.4, -0.2) is 16.1 Å². The smallest absolute Gasteiger partial charge is 0.205 e. The van der Waals surface area contributed by atoms with Gasteiger partial charge in [0, 0.05) is 41.4 Å². The number of rotatable bonds is 4. The minimum Gasteiger partial charge on any atom is -0.350 e. The van der Waals surface area contributed by atoms with Crippen molar-refractivity contribution in [3.63, 3.8) is 0 Å². The first-order valence-electron chi connectivity index (χ1n) is 7.41. The summed E-state index contributed by atoms with van der Waals surface area (Å²) in [6.07, 6.45) is 2.80. The zero-order valence-electron chi connectivity index (χ0n) is 13.1. The Morgan fingerprint density at radius 1 is 1.04 bits per heavy atom. The quantitative estimate of drug-likeness (QED) is 0.419. The molecule has 0 saturated carbocycles. The lowest BCUT2D eigenvalue weighted by atomic mass is 10.0. The second kappa shape index (κ2) is 6.35. The van der Waals surface area contributed by atoms with Gasteiger partial charge in [0.1, 0.15) is 11.6 Å². The van der Waals surface area contributed by atoms with Gasteiger partial charge in [0.15, 0.2) is 5.78 Å². The highest BCUT2D eigenvalue weighted by Crippen LogP contribution is 2.23. The molecule has 116 valence electrons. The van der Waals surface area contributed by atoms with E-state index < -0.39 is 5.78 Å². The van der Waals surface area contributed by atoms with Crippen molar-refractivity contribution in [2.45, 2.75) is 0 Å². The number of carbonyl (C=O) groups is 2. The van der Waals surface area contributed by atoms with Crippen LogP contribution in [0.25, 0.3) is 10.9 Å². The largest absolute Gasteiger partial charge is 0.350 e. The molecule has 0 saturated heterocycles. The number of hydrogen-bond donors (Lipinski definition) is 0. The van der Waals surface area contributed by atoms with E-state index in [0.717, 1.165) is 17.0 Å². The van der Waals surface area contributed by atoms with E-state index >= 15 is 0 Å². The maximum Gasteiger partial charge on any atom is 0.205 e. The number of nitrogens with zero attached hydrogens (tertiary/aromatic N) is 2. The Morgan fingerprint density at radius 2 is 1.71 bits per heavy atom. The predicted octanol–water partition coefficient (Wildman–Crippen LogP) is 3.69. The number of hydrogen-bond acceptors (Lipinski definition) is 3. The molecule has 0 N–H and O–H groups in total. The lowest BCUT2D eigenvalue weighted by Gasteiger charge is -1.99. The fourth-order valence-corrected chi connectivity index (χ4v) is 2.63. The van der Waals surface area contributed by atoms with Crippen molar-refractivity contribution in [3.8, 4) is 6.07 Å². The zero-order chi connectivity index (χ0) is 17.1. The van der Waals surface area contributed by atoms with Gasteiger partial charge >= 0.3 is 0 Å². The first-order valence-corrected chi connectivity index (χ1v) is 7.41. The van der Waals surface area contributed by atoms with E-state index in [1.54, 1.807) is 36.5 Å². The normalized spacial score (nSPS) is 11.2. The number of para-hydroxylation sites is 1. The maximum absolute atomic E-state index is 12.7. The van der Waals surface area contributed by atoms with Gasteiger partial charge in [-0.2, -0.15) is 5.26 Å². The van der Waals surface area contributed by atoms with Crippen LogP contribution in [0.1, 0.15) is 20.7 Å². The van der Waals surface area contributed by atoms with E-state index in [-0.39, 0.29) is 11.4 Å². The van der Waals surface area contributed by atoms with Crippen LogP contribution in [0.3, 0.4) is 0 Å². The molecule has 3 rings (SSSR count). The van der Waals surface area contributed by atoms with E-state index in [1.807, 2.05) is 41.9 Å². The van der Waals surface area contributed by atoms with Gasteiger partial charge in [-0.15, -0.1) is 0 Å². The van der Waals surface area contributed by atoms with Gasteiger partial charge in [0.05, 0.1) is 0 Å². The Kier molecular flexibility index (Phi) is 4.09. The molecule has 2 aromatic carbocycles. The highest BCUT2D eigenvalue weighted by atomic mass is 16.1. The number of benzene rings is 2. The summed E-state index contributed by atoms with van der Waals surface area (Å²) in [5.41, 5.74) is 1.59. The van der Waals surface area contributed by atoms with E-state index in [0.29, 0.717) is 11.1 Å². The Labute approximate surface area is 139 Å². The SMILES string of the molecule is Cn1cc(C(=O)/C(C#N)=C/C(=O)c2ccccc2)c2ccccc21. The molecule has 0 atom stereocenters. The van der Waals surface area contributed by atoms with Crippen molar-refractivity contribution in [2.75, 3.05) is 0 Å². The molecule has 4 heteroatoms. The molecule has 0 unspecified atom stereocenters. The lowest BCUT2D eigenvalue weighted by molar-refractivity contribution is 0.101. The number of fused-ring (bicyclic) bond motifs is 1. The average molecular weight is 314 g/mol. The summed E-state index contributed by atoms with van der Waals surface area (Å²) in [7, 11) is 1.84. The number of aromatic nitrogens is 1. The van der Waals surface area contributed by atoms with Crippen molar-refractivity contribution in [3.05, 3.63) is 83.6 Å². The van der Waals surface area contributed by atoms with E-state index in [1.165, 1.54) is 0 Å². The third-order valence-corrected chi connectivity index (χ3v) is 3.84. The Hall–Kier alpha value is -3.45. The van der Waals surface area contributed by atoms with Gasteiger partial charge in [-0.25, -0.2) is 0 Å². The number of ketones is 2. The summed E-state index contributed by atoms with van der Waals surface area (Å²) < 4.78 is 1.83. The summed E-state index contributed by atoms with van der Waals surface area (Å²) in [6, 6.07) is 17.9. The number of allylic oxidation sites excluding steroid dienone is 2. The molecule has 0 amide bonds. The van der Waals surface area contributed by atoms with E-state index in [4.69, 9.17) is 0 Å². The molecule has 0 aliphatic rings. The molecule has 0 fully saturated rings. The average Bonchev–Trinajstić information content (AvgIpc) is 2.97. The minimum atomic E-state index is -0.446. The molecule has 0 bridgehead atoms. The number of carbonyl (C=O) groups excluding carboxylic acids is 2. The molecule has 3 aromatic rings. The molecule has 1 aromatic heterocycles. The Bertz CT molecular complexity index is 1010. The zero-order valence-corrected chi connectivity index (χ0v) is 13.1. The van der Waals surface area contributed by atoms with Crippen LogP contribution in [0.15, 0.2) is 72.4 Å². The van der Waals surface area contributed by atoms with Crippen molar-refractivity contribution >= 4 is 22.5 Å². The van der Waals surface area contributed by atoms with Crippen LogP contribution in [0.4, 0.5) is 0 Å². The van der Waals surface area contributed by atoms with Crippen LogP contribution in [0, 0.1) is 11.3 Å². The molecule has 0 aliphatic heterocycles. The molecule has 4 nitrogen and oxygen atoms in total. The summed E-state index contributed by atoms with van der Waals surface area (Å²) in [6.45, 7) is 0. The van der Waals surface area contributed by atoms with Gasteiger partial charge in [0.2, 0.25) is 5.78 Å². The van der Waals surface area contributed by atoms with Gasteiger partial charge in [-0.05, 0) is 6.07 Å². The number of Topliss-reactive ketones (excluding diaryl/α,β-unsaturated/α-hetero) is 1. The molecular formula is C20H14N2O2. The molecule has 0 radical (unpaired) electrons. The molecule has 0 aliphatic carbocycles. The highest BCUT2D eigenvalue weighted by molar-refractivity contribution is 6.21. The predicted molar refractivity (Wildman–Crippen MR) is 91.7 cm³/mol. The second-order valence-corrected chi connectivity index (χ2v) is 5.40. The van der Waals surface area contributed by atoms with Crippen LogP contribution >= 0.6 is 0 Å². The fraction of sp³-hybridized carbons (Fsp3) is 0.0500. The fourth-order valence-electron chi connectivity index (χ4n) is 2.63. The maximum atomic E-state index is 12.7. The summed E-state index contributed by atoms with van der Waals surface area (Å²) in [4.78, 5) is 24.9. The summed E-state index contributed by atoms with van der Waals surface area (Å²) in [5, 5.41) is 10.1. The standard InChI is InChI=1S/C20H14N2O2/c1-22-13-17(16-9-5-6-10-18(16)22)20(24)15(12-21)11-19(23)14-7-3-2-4-8-14/h2-11,13H,1H3/b15-11+. The highest BCUT2D eigenvalue weighted by Gasteiger charge is 2.19. The monoisotopic (exact) mass is 314 g/mol. The third kappa shape index (κ3) is 2.75. The summed E-state index contributed by atoms with van der Waals surface area (Å²) >= 11 is 0. The molecule has 1 heterocycles. The lowest BCUT2D eigenvalue weighted by Crippen LogP contribution is -2.05. The number of nitriles is 1. The van der Waals surface area contributed by atoms with Gasteiger partial charge in [-0.1, -0.05) is 48.5 Å². The van der Waals surface area contributed by atoms with E-state index in [9.17, 15) is 14.9 Å². The van der Waals surface area contributed by atoms with Crippen LogP contribution in [0.2, 0.25) is 0 Å². The number of aryl methyl sites for hydroxylation is 1. The Balaban J connectivity index is 2.02. The van der Waals surface area contributed by atoms with Crippen LogP contribution < -0.4 is 0 Å². The van der Waals surface area contributed by atoms with Gasteiger partial charge < -0.3 is 4.57 Å². The van der Waals surface area contributed by atoms with Crippen LogP contribution in [0.5, 0.6) is 0 Å². The topological polar surface area (TPSA) is 62.9 Å². The second-order valence-electron chi connectivity index (χ2n) is 5.40. The minimum absolute atomic E-state index is 0.166. The van der Waals surface area contributed by atoms with Crippen molar-refractivity contribution in [2.24, 2.45) is 7.05 Å². The first-order chi connectivity index (χ1) is 11.6. The van der Waals surface area contributed by atoms with Gasteiger partial charge in [0.25, 0.3) is 0 Å². The summed E-state index contributed by atoms with van der Waals surface area (Å²) in [5.74, 6) is -0.806. The first kappa shape index (κ1) is 15.4. The van der Waals surface area contributed by atoms with E-state index in [2.05, 4.69) is 0 Å².